The van der Waals surface area contributed by atoms with E-state index < -0.39 is 0 Å². The summed E-state index contributed by atoms with van der Waals surface area (Å²) in [4.78, 5) is 4.36. The molecule has 80 valence electrons. The number of fused-ring (bicyclic) bond motifs is 1. The van der Waals surface area contributed by atoms with Gasteiger partial charge in [-0.05, 0) is 12.1 Å². The maximum atomic E-state index is 8.90. The van der Waals surface area contributed by atoms with Gasteiger partial charge in [-0.15, -0.1) is 12.4 Å². The number of pyridine rings is 1. The summed E-state index contributed by atoms with van der Waals surface area (Å²) in [5.41, 5.74) is 7.31. The Morgan fingerprint density at radius 3 is 2.67 bits per heavy atom. The maximum Gasteiger partial charge on any atom is 0.0706 e. The molecular weight excluding hydrogens is 212 g/mol. The van der Waals surface area contributed by atoms with Gasteiger partial charge >= 0.3 is 0 Å². The van der Waals surface area contributed by atoms with Crippen molar-refractivity contribution >= 4 is 23.3 Å². The van der Waals surface area contributed by atoms with Crippen molar-refractivity contribution in [3.63, 3.8) is 0 Å². The number of halogens is 1. The lowest BCUT2D eigenvalue weighted by Crippen LogP contribution is -2.15. The smallest absolute Gasteiger partial charge is 0.0706 e. The second-order valence-electron chi connectivity index (χ2n) is 3.22. The molecule has 2 aromatic rings. The van der Waals surface area contributed by atoms with Crippen molar-refractivity contribution in [2.24, 2.45) is 5.73 Å². The number of aromatic nitrogens is 1. The molecule has 1 aromatic heterocycles. The summed E-state index contributed by atoms with van der Waals surface area (Å²) in [6, 6.07) is 11.3. The Bertz CT molecular complexity index is 447. The third-order valence-electron chi connectivity index (χ3n) is 2.20. The van der Waals surface area contributed by atoms with Crippen molar-refractivity contribution < 1.29 is 5.11 Å². The van der Waals surface area contributed by atoms with Crippen LogP contribution in [0.5, 0.6) is 0 Å². The highest BCUT2D eigenvalue weighted by Gasteiger charge is 2.05. The average molecular weight is 225 g/mol. The normalized spacial score (nSPS) is 12.1. The second kappa shape index (κ2) is 5.07. The SMILES string of the molecule is Cl.N[C@@H](CO)c1ccc2ccccc2n1. The lowest BCUT2D eigenvalue weighted by molar-refractivity contribution is 0.266. The molecule has 0 aliphatic carbocycles. The van der Waals surface area contributed by atoms with Crippen LogP contribution in [0.25, 0.3) is 10.9 Å². The first-order valence-corrected chi connectivity index (χ1v) is 4.53. The van der Waals surface area contributed by atoms with Crippen molar-refractivity contribution in [2.75, 3.05) is 6.61 Å². The molecule has 0 fully saturated rings. The zero-order valence-electron chi connectivity index (χ0n) is 8.13. The Morgan fingerprint density at radius 2 is 1.93 bits per heavy atom. The molecule has 3 nitrogen and oxygen atoms in total. The molecule has 4 heteroatoms. The van der Waals surface area contributed by atoms with Crippen LogP contribution in [0.2, 0.25) is 0 Å². The molecule has 0 unspecified atom stereocenters. The van der Waals surface area contributed by atoms with E-state index in [0.717, 1.165) is 16.6 Å². The Balaban J connectivity index is 0.00000112. The largest absolute Gasteiger partial charge is 0.394 e. The number of nitrogens with two attached hydrogens (primary N) is 1. The van der Waals surface area contributed by atoms with E-state index >= 15 is 0 Å². The molecule has 0 saturated heterocycles. The topological polar surface area (TPSA) is 59.1 Å². The van der Waals surface area contributed by atoms with E-state index in [0.29, 0.717) is 0 Å². The number of aliphatic hydroxyl groups excluding tert-OH is 1. The van der Waals surface area contributed by atoms with E-state index in [1.807, 2.05) is 36.4 Å². The average Bonchev–Trinajstić information content (AvgIpc) is 2.27. The van der Waals surface area contributed by atoms with Crippen molar-refractivity contribution in [2.45, 2.75) is 6.04 Å². The number of rotatable bonds is 2. The zero-order valence-corrected chi connectivity index (χ0v) is 8.95. The van der Waals surface area contributed by atoms with Crippen LogP contribution >= 0.6 is 12.4 Å². The quantitative estimate of drug-likeness (QED) is 0.816. The molecule has 1 heterocycles. The fraction of sp³-hybridized carbons (Fsp3) is 0.182. The molecule has 0 bridgehead atoms. The summed E-state index contributed by atoms with van der Waals surface area (Å²) in [7, 11) is 0. The van der Waals surface area contributed by atoms with Crippen molar-refractivity contribution in [1.29, 1.82) is 0 Å². The van der Waals surface area contributed by atoms with Crippen molar-refractivity contribution in [1.82, 2.24) is 4.98 Å². The monoisotopic (exact) mass is 224 g/mol. The summed E-state index contributed by atoms with van der Waals surface area (Å²) in [6.07, 6.45) is 0. The fourth-order valence-electron chi connectivity index (χ4n) is 1.38. The van der Waals surface area contributed by atoms with Gasteiger partial charge in [0, 0.05) is 5.39 Å². The summed E-state index contributed by atoms with van der Waals surface area (Å²) >= 11 is 0. The third-order valence-corrected chi connectivity index (χ3v) is 2.20. The fourth-order valence-corrected chi connectivity index (χ4v) is 1.38. The minimum Gasteiger partial charge on any atom is -0.394 e. The molecule has 0 aliphatic heterocycles. The number of nitrogens with zero attached hydrogens (tertiary/aromatic N) is 1. The molecule has 1 atom stereocenters. The van der Waals surface area contributed by atoms with Gasteiger partial charge in [-0.2, -0.15) is 0 Å². The molecule has 0 radical (unpaired) electrons. The van der Waals surface area contributed by atoms with E-state index in [-0.39, 0.29) is 25.1 Å². The number of aliphatic hydroxyl groups is 1. The van der Waals surface area contributed by atoms with E-state index in [1.54, 1.807) is 0 Å². The minimum atomic E-state index is -0.389. The Morgan fingerprint density at radius 1 is 1.20 bits per heavy atom. The molecule has 0 aliphatic rings. The van der Waals surface area contributed by atoms with Gasteiger partial charge in [0.25, 0.3) is 0 Å². The Kier molecular flexibility index (Phi) is 4.03. The van der Waals surface area contributed by atoms with Crippen LogP contribution in [-0.4, -0.2) is 16.7 Å². The molecule has 1 aromatic carbocycles. The van der Waals surface area contributed by atoms with E-state index in [4.69, 9.17) is 10.8 Å². The van der Waals surface area contributed by atoms with Crippen LogP contribution in [0, 0.1) is 0 Å². The van der Waals surface area contributed by atoms with E-state index in [1.165, 1.54) is 0 Å². The first-order valence-electron chi connectivity index (χ1n) is 4.53. The molecular formula is C11H13ClN2O. The molecule has 0 saturated carbocycles. The Labute approximate surface area is 94.3 Å². The first-order chi connectivity index (χ1) is 6.81. The molecule has 15 heavy (non-hydrogen) atoms. The van der Waals surface area contributed by atoms with Crippen LogP contribution in [0.1, 0.15) is 11.7 Å². The van der Waals surface area contributed by atoms with E-state index in [2.05, 4.69) is 4.98 Å². The predicted octanol–water partition coefficient (Wildman–Crippen LogP) is 1.65. The van der Waals surface area contributed by atoms with Gasteiger partial charge in [0.1, 0.15) is 0 Å². The predicted molar refractivity (Wildman–Crippen MR) is 63.0 cm³/mol. The van der Waals surface area contributed by atoms with Crippen LogP contribution in [0.15, 0.2) is 36.4 Å². The highest BCUT2D eigenvalue weighted by atomic mass is 35.5. The van der Waals surface area contributed by atoms with Crippen LogP contribution in [-0.2, 0) is 0 Å². The second-order valence-corrected chi connectivity index (χ2v) is 3.22. The van der Waals surface area contributed by atoms with Gasteiger partial charge in [0.15, 0.2) is 0 Å². The molecule has 0 amide bonds. The van der Waals surface area contributed by atoms with Crippen LogP contribution in [0.3, 0.4) is 0 Å². The van der Waals surface area contributed by atoms with Gasteiger partial charge in [-0.3, -0.25) is 4.98 Å². The van der Waals surface area contributed by atoms with Gasteiger partial charge in [0.2, 0.25) is 0 Å². The van der Waals surface area contributed by atoms with Gasteiger partial charge in [-0.1, -0.05) is 24.3 Å². The lowest BCUT2D eigenvalue weighted by atomic mass is 10.1. The Hall–Kier alpha value is -1.16. The lowest BCUT2D eigenvalue weighted by Gasteiger charge is -2.07. The van der Waals surface area contributed by atoms with Crippen molar-refractivity contribution in [3.05, 3.63) is 42.1 Å². The number of hydrogen-bond donors (Lipinski definition) is 2. The summed E-state index contributed by atoms with van der Waals surface area (Å²) < 4.78 is 0. The summed E-state index contributed by atoms with van der Waals surface area (Å²) in [5.74, 6) is 0. The molecule has 0 spiro atoms. The van der Waals surface area contributed by atoms with Gasteiger partial charge in [-0.25, -0.2) is 0 Å². The molecule has 3 N–H and O–H groups in total. The highest BCUT2D eigenvalue weighted by Crippen LogP contribution is 2.14. The highest BCUT2D eigenvalue weighted by molar-refractivity contribution is 5.85. The van der Waals surface area contributed by atoms with Gasteiger partial charge < -0.3 is 10.8 Å². The van der Waals surface area contributed by atoms with Gasteiger partial charge in [0.05, 0.1) is 23.9 Å². The van der Waals surface area contributed by atoms with Crippen LogP contribution in [0.4, 0.5) is 0 Å². The number of hydrogen-bond acceptors (Lipinski definition) is 3. The maximum absolute atomic E-state index is 8.90. The number of para-hydroxylation sites is 1. The zero-order chi connectivity index (χ0) is 9.97. The standard InChI is InChI=1S/C11H12N2O.ClH/c12-9(7-14)11-6-5-8-3-1-2-4-10(8)13-11;/h1-6,9,14H,7,12H2;1H/t9-;/m0./s1. The summed E-state index contributed by atoms with van der Waals surface area (Å²) in [5, 5.41) is 9.98. The minimum absolute atomic E-state index is 0. The van der Waals surface area contributed by atoms with Crippen molar-refractivity contribution in [3.8, 4) is 0 Å². The number of benzene rings is 1. The van der Waals surface area contributed by atoms with E-state index in [9.17, 15) is 0 Å². The summed E-state index contributed by atoms with van der Waals surface area (Å²) in [6.45, 7) is -0.0780. The third kappa shape index (κ3) is 2.45. The van der Waals surface area contributed by atoms with Crippen LogP contribution < -0.4 is 5.73 Å². The molecule has 2 rings (SSSR count). The first kappa shape index (κ1) is 11.9.